The molecular formula is C20H21N5O7P-. The largest absolute Gasteiger partial charge is 0.550 e. The number of pyridine rings is 1. The van der Waals surface area contributed by atoms with Gasteiger partial charge in [-0.25, -0.2) is 4.98 Å². The standard InChI is InChI=1S/C20H22N5O7P/c21-20-24-17-15(18(28)25-20)7-11(9-23-17)8-22-13-2-4-14(5-3-13)33(31,32)10-12(19(29)30)1-6-16(26)27/h2-5,7,9,12,22H,1,6,8,10H2,(H,26,27)(H,29,30)(H,31,32)(H3,21,23,24,25,28)/p-1. The second-order valence-electron chi connectivity index (χ2n) is 7.40. The molecule has 12 nitrogen and oxygen atoms in total. The number of hydrogen-bond donors (Lipinski definition) is 5. The first-order valence-electron chi connectivity index (χ1n) is 9.78. The summed E-state index contributed by atoms with van der Waals surface area (Å²) < 4.78 is 12.7. The number of carboxylic acid groups (broad SMARTS) is 2. The van der Waals surface area contributed by atoms with Gasteiger partial charge in [0.15, 0.2) is 5.65 Å². The number of nitrogens with one attached hydrogen (secondary N) is 2. The molecule has 13 heteroatoms. The molecule has 0 aliphatic carbocycles. The van der Waals surface area contributed by atoms with Crippen molar-refractivity contribution in [2.75, 3.05) is 17.2 Å². The van der Waals surface area contributed by atoms with Crippen LogP contribution in [0.15, 0.2) is 41.3 Å². The number of fused-ring (bicyclic) bond motifs is 1. The highest BCUT2D eigenvalue weighted by atomic mass is 31.2. The summed E-state index contributed by atoms with van der Waals surface area (Å²) in [4.78, 5) is 54.7. The molecule has 0 amide bonds. The van der Waals surface area contributed by atoms with Gasteiger partial charge in [0.05, 0.1) is 11.3 Å². The smallest absolute Gasteiger partial charge is 0.307 e. The van der Waals surface area contributed by atoms with Gasteiger partial charge in [-0.3, -0.25) is 19.1 Å². The Hall–Kier alpha value is -3.76. The third-order valence-electron chi connectivity index (χ3n) is 4.92. The molecule has 174 valence electrons. The lowest BCUT2D eigenvalue weighted by Gasteiger charge is -2.18. The van der Waals surface area contributed by atoms with Gasteiger partial charge in [-0.05, 0) is 48.7 Å². The molecule has 0 saturated carbocycles. The van der Waals surface area contributed by atoms with Crippen LogP contribution < -0.4 is 27.0 Å². The number of nitrogens with two attached hydrogens (primary N) is 1. The maximum atomic E-state index is 12.7. The van der Waals surface area contributed by atoms with Gasteiger partial charge in [-0.15, -0.1) is 0 Å². The molecule has 2 aromatic heterocycles. The predicted octanol–water partition coefficient (Wildman–Crippen LogP) is -0.361. The Balaban J connectivity index is 1.67. The highest BCUT2D eigenvalue weighted by Gasteiger charge is 2.30. The topological polar surface area (TPSA) is 211 Å². The van der Waals surface area contributed by atoms with Crippen molar-refractivity contribution in [3.63, 3.8) is 0 Å². The van der Waals surface area contributed by atoms with Crippen molar-refractivity contribution >= 4 is 47.3 Å². The van der Waals surface area contributed by atoms with E-state index >= 15 is 0 Å². The average molecular weight is 474 g/mol. The minimum atomic E-state index is -4.04. The van der Waals surface area contributed by atoms with Gasteiger partial charge < -0.3 is 31.0 Å². The van der Waals surface area contributed by atoms with Gasteiger partial charge in [0, 0.05) is 35.9 Å². The highest BCUT2D eigenvalue weighted by Crippen LogP contribution is 2.42. The molecule has 0 spiro atoms. The van der Waals surface area contributed by atoms with Gasteiger partial charge in [-0.1, -0.05) is 0 Å². The van der Waals surface area contributed by atoms with Crippen molar-refractivity contribution < 1.29 is 29.3 Å². The Kier molecular flexibility index (Phi) is 7.10. The number of carbonyl (C=O) groups excluding carboxylic acids is 1. The van der Waals surface area contributed by atoms with Gasteiger partial charge in [0.1, 0.15) is 0 Å². The predicted molar refractivity (Wildman–Crippen MR) is 118 cm³/mol. The van der Waals surface area contributed by atoms with Crippen LogP contribution >= 0.6 is 7.37 Å². The summed E-state index contributed by atoms with van der Waals surface area (Å²) in [5, 5.41) is 23.2. The van der Waals surface area contributed by atoms with Crippen molar-refractivity contribution in [3.8, 4) is 0 Å². The fourth-order valence-corrected chi connectivity index (χ4v) is 4.95. The summed E-state index contributed by atoms with van der Waals surface area (Å²) in [6.07, 6.45) is 0.139. The number of aromatic nitrogens is 3. The second-order valence-corrected chi connectivity index (χ2v) is 9.68. The fraction of sp³-hybridized carbons (Fsp3) is 0.250. The van der Waals surface area contributed by atoms with E-state index in [2.05, 4.69) is 20.3 Å². The van der Waals surface area contributed by atoms with E-state index in [-0.39, 0.29) is 28.7 Å². The zero-order chi connectivity index (χ0) is 24.2. The number of carbonyl (C=O) groups is 2. The molecule has 0 bridgehead atoms. The number of nitrogens with zero attached hydrogens (tertiary/aromatic N) is 2. The highest BCUT2D eigenvalue weighted by molar-refractivity contribution is 7.66. The number of H-pyrrole nitrogens is 1. The van der Waals surface area contributed by atoms with E-state index in [0.717, 1.165) is 0 Å². The Morgan fingerprint density at radius 1 is 1.27 bits per heavy atom. The molecule has 33 heavy (non-hydrogen) atoms. The van der Waals surface area contributed by atoms with Crippen LogP contribution in [0, 0.1) is 5.92 Å². The first-order chi connectivity index (χ1) is 15.5. The molecule has 2 atom stereocenters. The maximum Gasteiger partial charge on any atom is 0.307 e. The monoisotopic (exact) mass is 474 g/mol. The van der Waals surface area contributed by atoms with Crippen molar-refractivity contribution in [2.24, 2.45) is 5.92 Å². The van der Waals surface area contributed by atoms with E-state index in [9.17, 15) is 34.1 Å². The molecular weight excluding hydrogens is 453 g/mol. The Labute approximate surface area is 187 Å². The number of aliphatic carboxylic acids is 2. The number of benzene rings is 1. The van der Waals surface area contributed by atoms with Crippen LogP contribution in [0.25, 0.3) is 11.0 Å². The number of hydrogen-bond acceptors (Lipinski definition) is 9. The first kappa shape index (κ1) is 23.9. The van der Waals surface area contributed by atoms with Crippen LogP contribution in [0.3, 0.4) is 0 Å². The van der Waals surface area contributed by atoms with Gasteiger partial charge in [-0.2, -0.15) is 4.98 Å². The molecule has 3 aromatic rings. The molecule has 0 radical (unpaired) electrons. The van der Waals surface area contributed by atoms with Crippen LogP contribution in [0.4, 0.5) is 11.6 Å². The molecule has 0 fully saturated rings. The van der Waals surface area contributed by atoms with E-state index in [0.29, 0.717) is 17.8 Å². The lowest BCUT2D eigenvalue weighted by atomic mass is 10.1. The van der Waals surface area contributed by atoms with E-state index in [1.165, 1.54) is 18.3 Å². The number of nitrogen functional groups attached to an aromatic ring is 1. The van der Waals surface area contributed by atoms with E-state index in [1.54, 1.807) is 18.2 Å². The molecule has 3 rings (SSSR count). The van der Waals surface area contributed by atoms with Crippen molar-refractivity contribution in [3.05, 3.63) is 52.4 Å². The average Bonchev–Trinajstić information content (AvgIpc) is 2.75. The molecule has 2 heterocycles. The van der Waals surface area contributed by atoms with Gasteiger partial charge in [0.2, 0.25) is 13.3 Å². The number of anilines is 2. The second kappa shape index (κ2) is 9.80. The van der Waals surface area contributed by atoms with E-state index in [4.69, 9.17) is 5.73 Å². The van der Waals surface area contributed by atoms with Crippen LogP contribution in [0.1, 0.15) is 18.4 Å². The van der Waals surface area contributed by atoms with Crippen molar-refractivity contribution in [2.45, 2.75) is 19.4 Å². The fourth-order valence-electron chi connectivity index (χ4n) is 3.18. The van der Waals surface area contributed by atoms with E-state index in [1.807, 2.05) is 0 Å². The molecule has 6 N–H and O–H groups in total. The zero-order valence-electron chi connectivity index (χ0n) is 17.2. The Morgan fingerprint density at radius 2 is 1.97 bits per heavy atom. The van der Waals surface area contributed by atoms with Crippen molar-refractivity contribution in [1.82, 2.24) is 15.0 Å². The summed E-state index contributed by atoms with van der Waals surface area (Å²) in [6, 6.07) is 7.53. The number of aromatic amines is 1. The summed E-state index contributed by atoms with van der Waals surface area (Å²) >= 11 is 0. The minimum absolute atomic E-state index is 0.0271. The molecule has 0 aliphatic heterocycles. The van der Waals surface area contributed by atoms with Crippen LogP contribution in [0.5, 0.6) is 0 Å². The molecule has 1 aromatic carbocycles. The molecule has 2 unspecified atom stereocenters. The Morgan fingerprint density at radius 3 is 2.61 bits per heavy atom. The van der Waals surface area contributed by atoms with E-state index < -0.39 is 43.4 Å². The first-order valence-corrected chi connectivity index (χ1v) is 11.6. The minimum Gasteiger partial charge on any atom is -0.550 e. The lowest BCUT2D eigenvalue weighted by Crippen LogP contribution is -2.26. The molecule has 0 saturated heterocycles. The van der Waals surface area contributed by atoms with Crippen LogP contribution in [-0.4, -0.2) is 43.1 Å². The third kappa shape index (κ3) is 6.15. The van der Waals surface area contributed by atoms with Gasteiger partial charge in [0.25, 0.3) is 5.56 Å². The van der Waals surface area contributed by atoms with Crippen LogP contribution in [0.2, 0.25) is 0 Å². The molecule has 0 aliphatic rings. The Bertz CT molecular complexity index is 1290. The lowest BCUT2D eigenvalue weighted by molar-refractivity contribution is -0.305. The summed E-state index contributed by atoms with van der Waals surface area (Å²) in [6.45, 7) is 0.299. The SMILES string of the molecule is Nc1nc2ncc(CNc3ccc(P(=O)(O)CC(CCC(=O)[O-])C(=O)O)cc3)cc2c(=O)[nH]1. The summed E-state index contributed by atoms with van der Waals surface area (Å²) in [5.74, 6) is -4.08. The quantitative estimate of drug-likeness (QED) is 0.239. The summed E-state index contributed by atoms with van der Waals surface area (Å²) in [5.41, 5.74) is 6.61. The number of carboxylic acids is 2. The zero-order valence-corrected chi connectivity index (χ0v) is 18.1. The van der Waals surface area contributed by atoms with Gasteiger partial charge >= 0.3 is 5.97 Å². The summed E-state index contributed by atoms with van der Waals surface area (Å²) in [7, 11) is -4.04. The number of rotatable bonds is 10. The normalized spacial score (nSPS) is 13.8. The maximum absolute atomic E-state index is 12.7. The van der Waals surface area contributed by atoms with Crippen molar-refractivity contribution in [1.29, 1.82) is 0 Å². The third-order valence-corrected chi connectivity index (χ3v) is 6.96. The van der Waals surface area contributed by atoms with Crippen LogP contribution in [-0.2, 0) is 20.7 Å².